The number of hydrogen-bond acceptors (Lipinski definition) is 5. The molecule has 0 saturated carbocycles. The van der Waals surface area contributed by atoms with Gasteiger partial charge in [0, 0.05) is 10.6 Å². The summed E-state index contributed by atoms with van der Waals surface area (Å²) in [6.45, 7) is 0. The summed E-state index contributed by atoms with van der Waals surface area (Å²) in [5.41, 5.74) is 1.39. The van der Waals surface area contributed by atoms with E-state index >= 15 is 0 Å². The number of methoxy groups -OCH3 is 2. The fraction of sp³-hybridized carbons (Fsp3) is 0.111. The highest BCUT2D eigenvalue weighted by Gasteiger charge is 2.33. The van der Waals surface area contributed by atoms with Crippen molar-refractivity contribution in [2.24, 2.45) is 0 Å². The van der Waals surface area contributed by atoms with Crippen LogP contribution in [0, 0.1) is 0 Å². The summed E-state index contributed by atoms with van der Waals surface area (Å²) in [6, 6.07) is 12.5. The van der Waals surface area contributed by atoms with Gasteiger partial charge in [0.2, 0.25) is 0 Å². The van der Waals surface area contributed by atoms with Crippen LogP contribution in [0.25, 0.3) is 6.08 Å². The number of ether oxygens (including phenoxy) is 2. The molecule has 0 aromatic heterocycles. The number of thioether (sulfide) groups is 1. The molecular weight excluding hydrogens is 378 g/mol. The number of benzene rings is 2. The monoisotopic (exact) mass is 391 g/mol. The Hall–Kier alpha value is -2.02. The maximum atomic E-state index is 12.8. The zero-order valence-electron chi connectivity index (χ0n) is 13.5. The molecule has 0 spiro atoms. The summed E-state index contributed by atoms with van der Waals surface area (Å²) in [7, 11) is 3.13. The third-order valence-electron chi connectivity index (χ3n) is 3.58. The molecule has 4 nitrogen and oxygen atoms in total. The fourth-order valence-corrected chi connectivity index (χ4v) is 3.95. The van der Waals surface area contributed by atoms with E-state index in [0.29, 0.717) is 31.4 Å². The average Bonchev–Trinajstić information content (AvgIpc) is 2.88. The highest BCUT2D eigenvalue weighted by atomic mass is 35.5. The minimum atomic E-state index is -0.192. The lowest BCUT2D eigenvalue weighted by Crippen LogP contribution is -2.27. The smallest absolute Gasteiger partial charge is 0.270 e. The first-order valence-corrected chi connectivity index (χ1v) is 8.90. The molecule has 1 heterocycles. The Morgan fingerprint density at radius 1 is 1.16 bits per heavy atom. The number of amides is 1. The van der Waals surface area contributed by atoms with Crippen LogP contribution in [-0.2, 0) is 4.79 Å². The molecule has 0 aliphatic carbocycles. The first-order valence-electron chi connectivity index (χ1n) is 7.29. The Labute approximate surface area is 160 Å². The molecule has 0 bridgehead atoms. The Morgan fingerprint density at radius 2 is 1.92 bits per heavy atom. The number of para-hydroxylation sites is 1. The Bertz CT molecular complexity index is 882. The van der Waals surface area contributed by atoms with E-state index in [1.807, 2.05) is 12.1 Å². The third kappa shape index (κ3) is 3.51. The predicted molar refractivity (Wildman–Crippen MR) is 107 cm³/mol. The van der Waals surface area contributed by atoms with Gasteiger partial charge in [-0.05, 0) is 30.3 Å². The number of anilines is 1. The van der Waals surface area contributed by atoms with Gasteiger partial charge in [0.1, 0.15) is 0 Å². The summed E-state index contributed by atoms with van der Waals surface area (Å²) in [5, 5.41) is 0.546. The topological polar surface area (TPSA) is 38.8 Å². The molecule has 7 heteroatoms. The summed E-state index contributed by atoms with van der Waals surface area (Å²) in [5.74, 6) is 0.974. The van der Waals surface area contributed by atoms with E-state index in [1.54, 1.807) is 50.6 Å². The number of hydrogen-bond donors (Lipinski definition) is 0. The molecule has 0 radical (unpaired) electrons. The quantitative estimate of drug-likeness (QED) is 0.554. The van der Waals surface area contributed by atoms with Crippen LogP contribution in [0.1, 0.15) is 5.56 Å². The van der Waals surface area contributed by atoms with Crippen LogP contribution < -0.4 is 14.4 Å². The molecule has 128 valence electrons. The summed E-state index contributed by atoms with van der Waals surface area (Å²) in [4.78, 5) is 14.8. The van der Waals surface area contributed by atoms with E-state index in [4.69, 9.17) is 33.3 Å². The van der Waals surface area contributed by atoms with Crippen LogP contribution in [0.5, 0.6) is 11.5 Å². The zero-order chi connectivity index (χ0) is 18.0. The summed E-state index contributed by atoms with van der Waals surface area (Å²) < 4.78 is 11.2. The molecule has 1 amide bonds. The molecule has 2 aromatic rings. The maximum Gasteiger partial charge on any atom is 0.270 e. The molecule has 0 atom stereocenters. The van der Waals surface area contributed by atoms with Crippen LogP contribution in [0.4, 0.5) is 5.69 Å². The molecule has 3 rings (SSSR count). The average molecular weight is 392 g/mol. The summed E-state index contributed by atoms with van der Waals surface area (Å²) >= 11 is 12.6. The maximum absolute atomic E-state index is 12.8. The van der Waals surface area contributed by atoms with Crippen molar-refractivity contribution in [1.82, 2.24) is 0 Å². The summed E-state index contributed by atoms with van der Waals surface area (Å²) in [6.07, 6.45) is 1.76. The van der Waals surface area contributed by atoms with Crippen molar-refractivity contribution in [3.63, 3.8) is 0 Å². The van der Waals surface area contributed by atoms with Gasteiger partial charge in [-0.2, -0.15) is 0 Å². The van der Waals surface area contributed by atoms with Gasteiger partial charge in [0.05, 0.1) is 24.8 Å². The number of nitrogens with zero attached hydrogens (tertiary/aromatic N) is 1. The van der Waals surface area contributed by atoms with Crippen molar-refractivity contribution < 1.29 is 14.3 Å². The Balaban J connectivity index is 1.99. The van der Waals surface area contributed by atoms with Crippen molar-refractivity contribution in [2.45, 2.75) is 0 Å². The van der Waals surface area contributed by atoms with E-state index < -0.39 is 0 Å². The van der Waals surface area contributed by atoms with Gasteiger partial charge in [-0.3, -0.25) is 9.69 Å². The van der Waals surface area contributed by atoms with Crippen molar-refractivity contribution in [3.8, 4) is 11.5 Å². The number of rotatable bonds is 4. The van der Waals surface area contributed by atoms with Crippen molar-refractivity contribution in [2.75, 3.05) is 19.1 Å². The molecule has 0 N–H and O–H groups in total. The van der Waals surface area contributed by atoms with Gasteiger partial charge < -0.3 is 9.47 Å². The van der Waals surface area contributed by atoms with Crippen LogP contribution in [0.3, 0.4) is 0 Å². The van der Waals surface area contributed by atoms with Gasteiger partial charge in [0.25, 0.3) is 5.91 Å². The number of carbonyl (C=O) groups is 1. The first kappa shape index (κ1) is 17.8. The minimum absolute atomic E-state index is 0.192. The van der Waals surface area contributed by atoms with Crippen molar-refractivity contribution in [1.29, 1.82) is 0 Å². The van der Waals surface area contributed by atoms with Crippen molar-refractivity contribution in [3.05, 3.63) is 58.0 Å². The standard InChI is InChI=1S/C18H14ClNO3S2/c1-22-14-8-3-5-11(16(14)23-2)9-15-17(21)20(18(24)25-15)13-7-4-6-12(19)10-13/h3-10H,1-2H3/b15-9+. The number of thiocarbonyl (C=S) groups is 1. The lowest BCUT2D eigenvalue weighted by molar-refractivity contribution is -0.113. The zero-order valence-corrected chi connectivity index (χ0v) is 15.9. The number of carbonyl (C=O) groups excluding carboxylic acids is 1. The van der Waals surface area contributed by atoms with E-state index in [-0.39, 0.29) is 5.91 Å². The highest BCUT2D eigenvalue weighted by Crippen LogP contribution is 2.39. The molecule has 1 aliphatic heterocycles. The second-order valence-electron chi connectivity index (χ2n) is 5.08. The normalized spacial score (nSPS) is 15.8. The minimum Gasteiger partial charge on any atom is -0.493 e. The third-order valence-corrected chi connectivity index (χ3v) is 5.12. The second kappa shape index (κ2) is 7.47. The van der Waals surface area contributed by atoms with Gasteiger partial charge in [-0.25, -0.2) is 0 Å². The van der Waals surface area contributed by atoms with E-state index in [0.717, 1.165) is 5.56 Å². The molecule has 25 heavy (non-hydrogen) atoms. The predicted octanol–water partition coefficient (Wildman–Crippen LogP) is 4.76. The van der Waals surface area contributed by atoms with E-state index in [1.165, 1.54) is 16.7 Å². The molecule has 1 aliphatic rings. The Morgan fingerprint density at radius 3 is 2.60 bits per heavy atom. The highest BCUT2D eigenvalue weighted by molar-refractivity contribution is 8.27. The first-order chi connectivity index (χ1) is 12.0. The lowest BCUT2D eigenvalue weighted by atomic mass is 10.1. The molecule has 1 fully saturated rings. The Kier molecular flexibility index (Phi) is 5.32. The molecule has 2 aromatic carbocycles. The van der Waals surface area contributed by atoms with Gasteiger partial charge in [-0.1, -0.05) is 53.8 Å². The van der Waals surface area contributed by atoms with Gasteiger partial charge in [0.15, 0.2) is 15.8 Å². The van der Waals surface area contributed by atoms with Crippen LogP contribution >= 0.6 is 35.6 Å². The SMILES string of the molecule is COc1cccc(/C=C2/SC(=S)N(c3cccc(Cl)c3)C2=O)c1OC. The largest absolute Gasteiger partial charge is 0.493 e. The van der Waals surface area contributed by atoms with Gasteiger partial charge >= 0.3 is 0 Å². The fourth-order valence-electron chi connectivity index (χ4n) is 2.47. The van der Waals surface area contributed by atoms with E-state index in [2.05, 4.69) is 0 Å². The van der Waals surface area contributed by atoms with Crippen LogP contribution in [-0.4, -0.2) is 24.4 Å². The molecule has 1 saturated heterocycles. The molecule has 0 unspecified atom stereocenters. The lowest BCUT2D eigenvalue weighted by Gasteiger charge is -2.14. The van der Waals surface area contributed by atoms with Gasteiger partial charge in [-0.15, -0.1) is 0 Å². The van der Waals surface area contributed by atoms with E-state index in [9.17, 15) is 4.79 Å². The number of halogens is 1. The molecular formula is C18H14ClNO3S2. The van der Waals surface area contributed by atoms with Crippen LogP contribution in [0.2, 0.25) is 5.02 Å². The second-order valence-corrected chi connectivity index (χ2v) is 7.19. The van der Waals surface area contributed by atoms with Crippen LogP contribution in [0.15, 0.2) is 47.4 Å². The van der Waals surface area contributed by atoms with Crippen molar-refractivity contribution >= 4 is 57.6 Å².